The van der Waals surface area contributed by atoms with Gasteiger partial charge in [0.15, 0.2) is 5.69 Å². The van der Waals surface area contributed by atoms with E-state index in [1.54, 1.807) is 13.8 Å². The van der Waals surface area contributed by atoms with Crippen LogP contribution in [0.3, 0.4) is 0 Å². The van der Waals surface area contributed by atoms with E-state index >= 15 is 0 Å². The second-order valence-corrected chi connectivity index (χ2v) is 10.4. The molecule has 0 radical (unpaired) electrons. The molecule has 0 spiro atoms. The Morgan fingerprint density at radius 2 is 1.76 bits per heavy atom. The number of alkyl halides is 6. The molecule has 2 amide bonds. The zero-order valence-electron chi connectivity index (χ0n) is 21.8. The van der Waals surface area contributed by atoms with E-state index < -0.39 is 48.2 Å². The zero-order chi connectivity index (χ0) is 30.7. The van der Waals surface area contributed by atoms with Gasteiger partial charge in [-0.05, 0) is 49.4 Å². The summed E-state index contributed by atoms with van der Waals surface area (Å²) in [6.07, 6.45) is -10.0. The molecule has 7 nitrogen and oxygen atoms in total. The van der Waals surface area contributed by atoms with Crippen LogP contribution in [-0.4, -0.2) is 44.8 Å². The number of nitrogens with one attached hydrogen (secondary N) is 2. The van der Waals surface area contributed by atoms with Crippen LogP contribution >= 0.6 is 23.4 Å². The zero-order valence-corrected chi connectivity index (χ0v) is 23.4. The van der Waals surface area contributed by atoms with Crippen molar-refractivity contribution in [1.82, 2.24) is 15.1 Å². The molecule has 2 aromatic carbocycles. The molecule has 0 aliphatic rings. The highest BCUT2D eigenvalue weighted by molar-refractivity contribution is 7.98. The molecule has 15 heteroatoms. The molecule has 0 saturated heterocycles. The van der Waals surface area contributed by atoms with Gasteiger partial charge in [0.1, 0.15) is 5.69 Å². The molecule has 41 heavy (non-hydrogen) atoms. The Kier molecular flexibility index (Phi) is 10.0. The van der Waals surface area contributed by atoms with Gasteiger partial charge in [0.05, 0.1) is 28.8 Å². The van der Waals surface area contributed by atoms with Crippen LogP contribution in [0.5, 0.6) is 0 Å². The van der Waals surface area contributed by atoms with E-state index in [1.807, 2.05) is 6.26 Å². The lowest BCUT2D eigenvalue weighted by atomic mass is 10.0. The summed E-state index contributed by atoms with van der Waals surface area (Å²) in [5, 5.41) is 19.0. The predicted molar refractivity (Wildman–Crippen MR) is 143 cm³/mol. The molecule has 0 aliphatic heterocycles. The van der Waals surface area contributed by atoms with Gasteiger partial charge in [-0.25, -0.2) is 0 Å². The summed E-state index contributed by atoms with van der Waals surface area (Å²) in [6.45, 7) is 2.43. The molecule has 1 heterocycles. The quantitative estimate of drug-likeness (QED) is 0.242. The van der Waals surface area contributed by atoms with E-state index in [1.165, 1.54) is 48.2 Å². The SMILES string of the molecule is CSC[C@H](C)NC(=O)c1c(Cl)cccc1C(=O)Nc1ccc(C(O)Cn2nc(C(F)(F)F)cc2C(F)(F)F)cc1C. The van der Waals surface area contributed by atoms with Crippen LogP contribution in [0.1, 0.15) is 56.3 Å². The molecule has 2 atom stereocenters. The lowest BCUT2D eigenvalue weighted by molar-refractivity contribution is -0.144. The van der Waals surface area contributed by atoms with Crippen LogP contribution in [0.15, 0.2) is 42.5 Å². The molecule has 0 fully saturated rings. The van der Waals surface area contributed by atoms with Crippen molar-refractivity contribution in [2.75, 3.05) is 17.3 Å². The molecule has 1 aromatic heterocycles. The first-order valence-electron chi connectivity index (χ1n) is 11.9. The second kappa shape index (κ2) is 12.7. The first kappa shape index (κ1) is 32.3. The Hall–Kier alpha value is -3.23. The third-order valence-corrected chi connectivity index (χ3v) is 7.02. The molecule has 222 valence electrons. The average molecular weight is 623 g/mol. The van der Waals surface area contributed by atoms with Gasteiger partial charge in [-0.3, -0.25) is 14.3 Å². The summed E-state index contributed by atoms with van der Waals surface area (Å²) in [5.74, 6) is -0.572. The monoisotopic (exact) mass is 622 g/mol. The fourth-order valence-corrected chi connectivity index (χ4v) is 4.79. The number of carbonyl (C=O) groups is 2. The lowest BCUT2D eigenvalue weighted by Gasteiger charge is -2.18. The number of aliphatic hydroxyl groups excluding tert-OH is 1. The number of aryl methyl sites for hydroxylation is 1. The summed E-state index contributed by atoms with van der Waals surface area (Å²) in [7, 11) is 0. The minimum atomic E-state index is -5.14. The number of thioether (sulfide) groups is 1. The van der Waals surface area contributed by atoms with Crippen molar-refractivity contribution in [3.05, 3.63) is 81.1 Å². The summed E-state index contributed by atoms with van der Waals surface area (Å²) in [4.78, 5) is 26.0. The molecule has 3 aromatic rings. The predicted octanol–water partition coefficient (Wildman–Crippen LogP) is 6.35. The fourth-order valence-electron chi connectivity index (χ4n) is 3.95. The van der Waals surface area contributed by atoms with Crippen molar-refractivity contribution in [2.24, 2.45) is 0 Å². The number of benzene rings is 2. The fraction of sp³-hybridized carbons (Fsp3) is 0.346. The number of amides is 2. The summed E-state index contributed by atoms with van der Waals surface area (Å²) in [5.41, 5.74) is -2.72. The van der Waals surface area contributed by atoms with Crippen LogP contribution in [0.4, 0.5) is 32.0 Å². The number of rotatable bonds is 9. The number of anilines is 1. The first-order chi connectivity index (χ1) is 19.0. The smallest absolute Gasteiger partial charge is 0.386 e. The highest BCUT2D eigenvalue weighted by Gasteiger charge is 2.42. The third kappa shape index (κ3) is 7.95. The maximum atomic E-state index is 13.3. The topological polar surface area (TPSA) is 96.3 Å². The molecule has 0 saturated carbocycles. The van der Waals surface area contributed by atoms with Crippen molar-refractivity contribution >= 4 is 40.9 Å². The highest BCUT2D eigenvalue weighted by Crippen LogP contribution is 2.36. The molecule has 0 aliphatic carbocycles. The summed E-state index contributed by atoms with van der Waals surface area (Å²) < 4.78 is 78.8. The number of hydrogen-bond donors (Lipinski definition) is 3. The summed E-state index contributed by atoms with van der Waals surface area (Å²) in [6, 6.07) is 8.09. The minimum Gasteiger partial charge on any atom is -0.386 e. The Balaban J connectivity index is 1.82. The molecular weight excluding hydrogens is 598 g/mol. The van der Waals surface area contributed by atoms with Gasteiger partial charge in [0.25, 0.3) is 11.8 Å². The molecule has 0 bridgehead atoms. The number of carbonyl (C=O) groups excluding carboxylic acids is 2. The van der Waals surface area contributed by atoms with Crippen molar-refractivity contribution in [2.45, 2.75) is 44.9 Å². The van der Waals surface area contributed by atoms with Crippen LogP contribution in [0.2, 0.25) is 5.02 Å². The number of halogens is 7. The van der Waals surface area contributed by atoms with Gasteiger partial charge < -0.3 is 15.7 Å². The van der Waals surface area contributed by atoms with Crippen LogP contribution < -0.4 is 10.6 Å². The maximum Gasteiger partial charge on any atom is 0.435 e. The summed E-state index contributed by atoms with van der Waals surface area (Å²) >= 11 is 7.76. The molecule has 3 N–H and O–H groups in total. The Labute approximate surface area is 240 Å². The minimum absolute atomic E-state index is 0.00584. The van der Waals surface area contributed by atoms with Crippen molar-refractivity contribution in [1.29, 1.82) is 0 Å². The van der Waals surface area contributed by atoms with Gasteiger partial charge in [0.2, 0.25) is 0 Å². The van der Waals surface area contributed by atoms with E-state index in [0.717, 1.165) is 0 Å². The molecule has 1 unspecified atom stereocenters. The van der Waals surface area contributed by atoms with Crippen LogP contribution in [0.25, 0.3) is 0 Å². The van der Waals surface area contributed by atoms with Gasteiger partial charge in [-0.1, -0.05) is 29.8 Å². The first-order valence-corrected chi connectivity index (χ1v) is 13.7. The number of aromatic nitrogens is 2. The highest BCUT2D eigenvalue weighted by atomic mass is 35.5. The van der Waals surface area contributed by atoms with E-state index in [9.17, 15) is 41.0 Å². The second-order valence-electron chi connectivity index (χ2n) is 9.13. The van der Waals surface area contributed by atoms with Crippen LogP contribution in [-0.2, 0) is 18.9 Å². The van der Waals surface area contributed by atoms with Crippen LogP contribution in [0, 0.1) is 6.92 Å². The number of nitrogens with zero attached hydrogens (tertiary/aromatic N) is 2. The normalized spacial score (nSPS) is 13.5. The van der Waals surface area contributed by atoms with E-state index in [0.29, 0.717) is 11.3 Å². The number of aliphatic hydroxyl groups is 1. The largest absolute Gasteiger partial charge is 0.435 e. The van der Waals surface area contributed by atoms with E-state index in [4.69, 9.17) is 11.6 Å². The van der Waals surface area contributed by atoms with Gasteiger partial charge in [-0.15, -0.1) is 0 Å². The molecular formula is C26H25ClF6N4O3S. The average Bonchev–Trinajstić information content (AvgIpc) is 3.30. The van der Waals surface area contributed by atoms with E-state index in [2.05, 4.69) is 15.7 Å². The van der Waals surface area contributed by atoms with Gasteiger partial charge >= 0.3 is 12.4 Å². The molecule has 3 rings (SSSR count). The maximum absolute atomic E-state index is 13.3. The Bertz CT molecular complexity index is 1430. The number of hydrogen-bond acceptors (Lipinski definition) is 5. The van der Waals surface area contributed by atoms with Crippen molar-refractivity contribution < 1.29 is 41.0 Å². The third-order valence-electron chi connectivity index (χ3n) is 5.87. The van der Waals surface area contributed by atoms with Crippen molar-refractivity contribution in [3.8, 4) is 0 Å². The Morgan fingerprint density at radius 3 is 2.34 bits per heavy atom. The Morgan fingerprint density at radius 1 is 1.07 bits per heavy atom. The van der Waals surface area contributed by atoms with Gasteiger partial charge in [0, 0.05) is 23.5 Å². The van der Waals surface area contributed by atoms with E-state index in [-0.39, 0.29) is 44.2 Å². The van der Waals surface area contributed by atoms with Crippen molar-refractivity contribution in [3.63, 3.8) is 0 Å². The van der Waals surface area contributed by atoms with Gasteiger partial charge in [-0.2, -0.15) is 43.2 Å². The standard InChI is InChI=1S/C26H25ClF6N4O3S/c1-13-9-15(19(38)11-37-21(26(31,32)33)10-20(36-37)25(28,29)30)7-8-18(13)35-23(39)16-5-4-6-17(27)22(16)24(40)34-14(2)12-41-3/h4-10,14,19,38H,11-12H2,1-3H3,(H,34,40)(H,35,39)/t14-,19?/m0/s1. The lowest BCUT2D eigenvalue weighted by Crippen LogP contribution is -2.35.